The number of nitrogens with one attached hydrogen (secondary N) is 1. The van der Waals surface area contributed by atoms with E-state index in [1.807, 2.05) is 6.92 Å². The minimum atomic E-state index is -0.116. The Balaban J connectivity index is 3.98. The molecule has 0 saturated heterocycles. The lowest BCUT2D eigenvalue weighted by Crippen LogP contribution is -2.27. The molecule has 0 aromatic heterocycles. The molecule has 1 unspecified atom stereocenters. The Morgan fingerprint density at radius 2 is 2.36 bits per heavy atom. The van der Waals surface area contributed by atoms with E-state index in [1.54, 1.807) is 6.08 Å². The molecule has 0 radical (unpaired) electrons. The molecule has 0 aromatic rings. The van der Waals surface area contributed by atoms with E-state index < -0.39 is 0 Å². The Hall–Kier alpha value is -1.49. The summed E-state index contributed by atoms with van der Waals surface area (Å²) >= 11 is 0. The van der Waals surface area contributed by atoms with Crippen LogP contribution in [0.25, 0.3) is 0 Å². The molecular formula is C12H17NO. The van der Waals surface area contributed by atoms with Gasteiger partial charge in [0.05, 0.1) is 0 Å². The minimum Gasteiger partial charge on any atom is -0.349 e. The Morgan fingerprint density at radius 1 is 1.71 bits per heavy atom. The molecule has 0 heterocycles. The van der Waals surface area contributed by atoms with Crippen LogP contribution in [-0.4, -0.2) is 12.5 Å². The summed E-state index contributed by atoms with van der Waals surface area (Å²) in [5, 5.41) is 2.68. The smallest absolute Gasteiger partial charge is 0.247 e. The highest BCUT2D eigenvalue weighted by atomic mass is 16.1. The van der Waals surface area contributed by atoms with Gasteiger partial charge in [0, 0.05) is 18.5 Å². The second-order valence-electron chi connectivity index (χ2n) is 3.17. The highest BCUT2D eigenvalue weighted by Gasteiger charge is 2.12. The first-order valence-corrected chi connectivity index (χ1v) is 4.64. The molecule has 1 amide bonds. The predicted octanol–water partition coefficient (Wildman–Crippen LogP) is 1.89. The Labute approximate surface area is 86.1 Å². The number of terminal acetylenes is 1. The standard InChI is InChI=1S/C12H17NO/c1-5-7-8-10(3)11(4)12(14)13-9-6-2/h1,6,10H,2,4,7-9H2,3H3,(H,13,14). The fourth-order valence-electron chi connectivity index (χ4n) is 0.976. The molecule has 0 bridgehead atoms. The molecule has 0 aliphatic rings. The third-order valence-electron chi connectivity index (χ3n) is 2.02. The van der Waals surface area contributed by atoms with Gasteiger partial charge in [-0.15, -0.1) is 18.9 Å². The summed E-state index contributed by atoms with van der Waals surface area (Å²) in [7, 11) is 0. The van der Waals surface area contributed by atoms with Gasteiger partial charge in [0.2, 0.25) is 5.91 Å². The maximum Gasteiger partial charge on any atom is 0.247 e. The number of hydrogen-bond donors (Lipinski definition) is 1. The Morgan fingerprint density at radius 3 is 2.86 bits per heavy atom. The summed E-state index contributed by atoms with van der Waals surface area (Å²) in [6.45, 7) is 9.68. The van der Waals surface area contributed by atoms with Gasteiger partial charge >= 0.3 is 0 Å². The summed E-state index contributed by atoms with van der Waals surface area (Å²) in [6.07, 6.45) is 8.25. The average molecular weight is 191 g/mol. The van der Waals surface area contributed by atoms with Gasteiger partial charge < -0.3 is 5.32 Å². The summed E-state index contributed by atoms with van der Waals surface area (Å²) in [5.41, 5.74) is 0.585. The zero-order valence-electron chi connectivity index (χ0n) is 8.68. The van der Waals surface area contributed by atoms with Crippen molar-refractivity contribution in [1.82, 2.24) is 5.32 Å². The van der Waals surface area contributed by atoms with Gasteiger partial charge in [-0.2, -0.15) is 0 Å². The first-order valence-electron chi connectivity index (χ1n) is 4.64. The Kier molecular flexibility index (Phi) is 6.22. The molecule has 76 valence electrons. The van der Waals surface area contributed by atoms with Gasteiger partial charge in [0.1, 0.15) is 0 Å². The lowest BCUT2D eigenvalue weighted by molar-refractivity contribution is -0.117. The quantitative estimate of drug-likeness (QED) is 0.388. The summed E-state index contributed by atoms with van der Waals surface area (Å²) < 4.78 is 0. The zero-order chi connectivity index (χ0) is 11.0. The highest BCUT2D eigenvalue weighted by molar-refractivity contribution is 5.93. The van der Waals surface area contributed by atoms with Crippen molar-refractivity contribution in [2.24, 2.45) is 5.92 Å². The van der Waals surface area contributed by atoms with Crippen molar-refractivity contribution in [3.63, 3.8) is 0 Å². The van der Waals surface area contributed by atoms with Crippen molar-refractivity contribution >= 4 is 5.91 Å². The lowest BCUT2D eigenvalue weighted by Gasteiger charge is -2.12. The van der Waals surface area contributed by atoms with Crippen LogP contribution in [0.1, 0.15) is 19.8 Å². The van der Waals surface area contributed by atoms with Gasteiger partial charge in [-0.05, 0) is 12.3 Å². The van der Waals surface area contributed by atoms with Gasteiger partial charge in [-0.1, -0.05) is 19.6 Å². The third-order valence-corrected chi connectivity index (χ3v) is 2.02. The van der Waals surface area contributed by atoms with Crippen molar-refractivity contribution in [3.05, 3.63) is 24.8 Å². The van der Waals surface area contributed by atoms with Gasteiger partial charge in [0.25, 0.3) is 0 Å². The van der Waals surface area contributed by atoms with Gasteiger partial charge in [0.15, 0.2) is 0 Å². The molecule has 14 heavy (non-hydrogen) atoms. The molecule has 2 heteroatoms. The van der Waals surface area contributed by atoms with Gasteiger partial charge in [-0.25, -0.2) is 0 Å². The van der Waals surface area contributed by atoms with Crippen LogP contribution in [0.4, 0.5) is 0 Å². The van der Waals surface area contributed by atoms with Crippen molar-refractivity contribution < 1.29 is 4.79 Å². The molecule has 0 saturated carbocycles. The number of amides is 1. The van der Waals surface area contributed by atoms with Gasteiger partial charge in [-0.3, -0.25) is 4.79 Å². The van der Waals surface area contributed by atoms with Crippen LogP contribution in [-0.2, 0) is 4.79 Å². The third kappa shape index (κ3) is 4.51. The van der Waals surface area contributed by atoms with Crippen LogP contribution >= 0.6 is 0 Å². The van der Waals surface area contributed by atoms with Crippen LogP contribution in [0.2, 0.25) is 0 Å². The summed E-state index contributed by atoms with van der Waals surface area (Å²) in [6, 6.07) is 0. The van der Waals surface area contributed by atoms with E-state index in [9.17, 15) is 4.79 Å². The molecule has 0 aliphatic heterocycles. The molecular weight excluding hydrogens is 174 g/mol. The second-order valence-corrected chi connectivity index (χ2v) is 3.17. The maximum atomic E-state index is 11.4. The van der Waals surface area contributed by atoms with Crippen LogP contribution < -0.4 is 5.32 Å². The number of rotatable bonds is 6. The first kappa shape index (κ1) is 12.5. The molecule has 0 spiro atoms. The minimum absolute atomic E-state index is 0.116. The van der Waals surface area contributed by atoms with Crippen molar-refractivity contribution in [3.8, 4) is 12.3 Å². The van der Waals surface area contributed by atoms with E-state index in [-0.39, 0.29) is 11.8 Å². The molecule has 0 rings (SSSR count). The van der Waals surface area contributed by atoms with E-state index in [1.165, 1.54) is 0 Å². The molecule has 0 aliphatic carbocycles. The first-order chi connectivity index (χ1) is 6.63. The van der Waals surface area contributed by atoms with Crippen LogP contribution in [0.3, 0.4) is 0 Å². The van der Waals surface area contributed by atoms with E-state index in [4.69, 9.17) is 6.42 Å². The predicted molar refractivity (Wildman–Crippen MR) is 59.6 cm³/mol. The molecule has 1 N–H and O–H groups in total. The topological polar surface area (TPSA) is 29.1 Å². The van der Waals surface area contributed by atoms with Crippen molar-refractivity contribution in [2.45, 2.75) is 19.8 Å². The monoisotopic (exact) mass is 191 g/mol. The van der Waals surface area contributed by atoms with E-state index in [0.29, 0.717) is 18.5 Å². The van der Waals surface area contributed by atoms with Crippen LogP contribution in [0.15, 0.2) is 24.8 Å². The Bertz CT molecular complexity index is 260. The molecule has 2 nitrogen and oxygen atoms in total. The van der Waals surface area contributed by atoms with Crippen LogP contribution in [0, 0.1) is 18.3 Å². The van der Waals surface area contributed by atoms with E-state index in [0.717, 1.165) is 6.42 Å². The fourth-order valence-corrected chi connectivity index (χ4v) is 0.976. The molecule has 0 fully saturated rings. The molecule has 0 aromatic carbocycles. The lowest BCUT2D eigenvalue weighted by atomic mass is 9.97. The zero-order valence-corrected chi connectivity index (χ0v) is 8.68. The largest absolute Gasteiger partial charge is 0.349 e. The summed E-state index contributed by atoms with van der Waals surface area (Å²) in [5.74, 6) is 2.57. The number of hydrogen-bond acceptors (Lipinski definition) is 1. The second kappa shape index (κ2) is 6.97. The number of carbonyl (C=O) groups is 1. The highest BCUT2D eigenvalue weighted by Crippen LogP contribution is 2.14. The van der Waals surface area contributed by atoms with E-state index >= 15 is 0 Å². The number of carbonyl (C=O) groups excluding carboxylic acids is 1. The van der Waals surface area contributed by atoms with E-state index in [2.05, 4.69) is 24.4 Å². The average Bonchev–Trinajstić information content (AvgIpc) is 2.21. The maximum absolute atomic E-state index is 11.4. The van der Waals surface area contributed by atoms with Crippen molar-refractivity contribution in [1.29, 1.82) is 0 Å². The SMILES string of the molecule is C#CCCC(C)C(=C)C(=O)NCC=C. The van der Waals surface area contributed by atoms with Crippen LogP contribution in [0.5, 0.6) is 0 Å². The molecule has 1 atom stereocenters. The van der Waals surface area contributed by atoms with Crippen molar-refractivity contribution in [2.75, 3.05) is 6.54 Å². The summed E-state index contributed by atoms with van der Waals surface area (Å²) in [4.78, 5) is 11.4. The normalized spacial score (nSPS) is 11.1. The fraction of sp³-hybridized carbons (Fsp3) is 0.417.